The zero-order valence-electron chi connectivity index (χ0n) is 11.0. The van der Waals surface area contributed by atoms with Crippen molar-refractivity contribution in [3.63, 3.8) is 0 Å². The third-order valence-corrected chi connectivity index (χ3v) is 3.47. The van der Waals surface area contributed by atoms with Gasteiger partial charge in [0.25, 0.3) is 5.91 Å². The van der Waals surface area contributed by atoms with Gasteiger partial charge in [0.1, 0.15) is 5.82 Å². The minimum atomic E-state index is -0.346. The molecule has 0 heterocycles. The Morgan fingerprint density at radius 1 is 1.26 bits per heavy atom. The second-order valence-corrected chi connectivity index (χ2v) is 5.06. The topological polar surface area (TPSA) is 38.8 Å². The monoisotopic (exact) mass is 381 g/mol. The van der Waals surface area contributed by atoms with E-state index in [0.29, 0.717) is 35.4 Å². The van der Waals surface area contributed by atoms with Crippen LogP contribution < -0.4 is 0 Å². The summed E-state index contributed by atoms with van der Waals surface area (Å²) in [5.74, 6) is -0.486. The maximum atomic E-state index is 13.0. The Morgan fingerprint density at radius 3 is 2.32 bits per heavy atom. The number of ether oxygens (including phenoxy) is 2. The quantitative estimate of drug-likeness (QED) is 0.680. The highest BCUT2D eigenvalue weighted by Gasteiger charge is 2.18. The molecular formula is C13H17FINO3. The number of carbonyl (C=O) groups is 1. The first kappa shape index (κ1) is 16.3. The zero-order valence-corrected chi connectivity index (χ0v) is 13.1. The van der Waals surface area contributed by atoms with Gasteiger partial charge in [0.2, 0.25) is 0 Å². The number of hydrogen-bond donors (Lipinski definition) is 0. The third kappa shape index (κ3) is 5.04. The molecule has 1 amide bonds. The smallest absolute Gasteiger partial charge is 0.255 e. The first-order valence-electron chi connectivity index (χ1n) is 5.82. The normalized spacial score (nSPS) is 10.5. The van der Waals surface area contributed by atoms with Crippen LogP contribution in [0, 0.1) is 9.39 Å². The molecule has 0 bridgehead atoms. The molecule has 6 heteroatoms. The molecule has 0 fully saturated rings. The fourth-order valence-electron chi connectivity index (χ4n) is 1.55. The SMILES string of the molecule is COCCN(CCOC)C(=O)c1ccc(F)cc1I. The van der Waals surface area contributed by atoms with Gasteiger partial charge in [-0.15, -0.1) is 0 Å². The van der Waals surface area contributed by atoms with E-state index in [1.807, 2.05) is 22.6 Å². The van der Waals surface area contributed by atoms with Gasteiger partial charge < -0.3 is 14.4 Å². The van der Waals surface area contributed by atoms with Crippen molar-refractivity contribution >= 4 is 28.5 Å². The summed E-state index contributed by atoms with van der Waals surface area (Å²) in [5, 5.41) is 0. The van der Waals surface area contributed by atoms with E-state index in [4.69, 9.17) is 9.47 Å². The average Bonchev–Trinajstić information content (AvgIpc) is 2.38. The molecule has 0 N–H and O–H groups in total. The van der Waals surface area contributed by atoms with E-state index in [1.165, 1.54) is 18.2 Å². The van der Waals surface area contributed by atoms with Gasteiger partial charge in [0.05, 0.1) is 18.8 Å². The molecule has 19 heavy (non-hydrogen) atoms. The molecule has 1 aromatic rings. The summed E-state index contributed by atoms with van der Waals surface area (Å²) in [6, 6.07) is 4.14. The Labute approximate surface area is 126 Å². The van der Waals surface area contributed by atoms with Crippen LogP contribution in [0.5, 0.6) is 0 Å². The number of nitrogens with zero attached hydrogens (tertiary/aromatic N) is 1. The summed E-state index contributed by atoms with van der Waals surface area (Å²) in [7, 11) is 3.17. The predicted octanol–water partition coefficient (Wildman–Crippen LogP) is 2.17. The van der Waals surface area contributed by atoms with Crippen molar-refractivity contribution in [1.29, 1.82) is 0 Å². The summed E-state index contributed by atoms with van der Waals surface area (Å²) in [6.45, 7) is 1.86. The number of methoxy groups -OCH3 is 2. The van der Waals surface area contributed by atoms with Crippen molar-refractivity contribution in [3.05, 3.63) is 33.1 Å². The van der Waals surface area contributed by atoms with Gasteiger partial charge in [-0.2, -0.15) is 0 Å². The molecule has 0 aliphatic heterocycles. The molecule has 0 spiro atoms. The van der Waals surface area contributed by atoms with E-state index in [9.17, 15) is 9.18 Å². The van der Waals surface area contributed by atoms with Gasteiger partial charge in [-0.25, -0.2) is 4.39 Å². The van der Waals surface area contributed by atoms with Crippen molar-refractivity contribution in [2.45, 2.75) is 0 Å². The Balaban J connectivity index is 2.84. The van der Waals surface area contributed by atoms with Gasteiger partial charge in [0, 0.05) is 30.9 Å². The van der Waals surface area contributed by atoms with Crippen LogP contribution in [0.4, 0.5) is 4.39 Å². The van der Waals surface area contributed by atoms with Gasteiger partial charge >= 0.3 is 0 Å². The lowest BCUT2D eigenvalue weighted by atomic mass is 10.2. The maximum absolute atomic E-state index is 13.0. The Morgan fingerprint density at radius 2 is 1.84 bits per heavy atom. The van der Waals surface area contributed by atoms with E-state index in [1.54, 1.807) is 19.1 Å². The first-order valence-corrected chi connectivity index (χ1v) is 6.90. The highest BCUT2D eigenvalue weighted by Crippen LogP contribution is 2.16. The molecule has 0 saturated heterocycles. The van der Waals surface area contributed by atoms with Crippen LogP contribution in [0.3, 0.4) is 0 Å². The number of benzene rings is 1. The second-order valence-electron chi connectivity index (χ2n) is 3.90. The maximum Gasteiger partial charge on any atom is 0.255 e. The zero-order chi connectivity index (χ0) is 14.3. The standard InChI is InChI=1S/C13H17FINO3/c1-18-7-5-16(6-8-19-2)13(17)11-4-3-10(14)9-12(11)15/h3-4,9H,5-8H2,1-2H3. The highest BCUT2D eigenvalue weighted by molar-refractivity contribution is 14.1. The van der Waals surface area contributed by atoms with Crippen molar-refractivity contribution in [3.8, 4) is 0 Å². The van der Waals surface area contributed by atoms with Crippen LogP contribution in [-0.4, -0.2) is 51.3 Å². The van der Waals surface area contributed by atoms with Crippen LogP contribution in [0.25, 0.3) is 0 Å². The minimum Gasteiger partial charge on any atom is -0.383 e. The van der Waals surface area contributed by atoms with Crippen LogP contribution in [0.1, 0.15) is 10.4 Å². The molecule has 0 aliphatic carbocycles. The predicted molar refractivity (Wildman–Crippen MR) is 78.8 cm³/mol. The lowest BCUT2D eigenvalue weighted by Gasteiger charge is -2.22. The molecule has 4 nitrogen and oxygen atoms in total. The van der Waals surface area contributed by atoms with Crippen LogP contribution >= 0.6 is 22.6 Å². The van der Waals surface area contributed by atoms with Gasteiger partial charge in [-0.1, -0.05) is 0 Å². The first-order chi connectivity index (χ1) is 9.10. The summed E-state index contributed by atoms with van der Waals surface area (Å²) in [6.07, 6.45) is 0. The molecule has 1 aromatic carbocycles. The Bertz CT molecular complexity index is 420. The fraction of sp³-hybridized carbons (Fsp3) is 0.462. The molecule has 0 atom stereocenters. The molecule has 0 aromatic heterocycles. The van der Waals surface area contributed by atoms with E-state index in [-0.39, 0.29) is 11.7 Å². The molecular weight excluding hydrogens is 364 g/mol. The van der Waals surface area contributed by atoms with Crippen molar-refractivity contribution in [2.75, 3.05) is 40.5 Å². The number of amides is 1. The highest BCUT2D eigenvalue weighted by atomic mass is 127. The molecule has 106 valence electrons. The minimum absolute atomic E-state index is 0.140. The summed E-state index contributed by atoms with van der Waals surface area (Å²) < 4.78 is 23.6. The molecule has 0 aliphatic rings. The van der Waals surface area contributed by atoms with Crippen LogP contribution in [0.15, 0.2) is 18.2 Å². The van der Waals surface area contributed by atoms with Crippen molar-refractivity contribution < 1.29 is 18.7 Å². The second kappa shape index (κ2) is 8.44. The van der Waals surface area contributed by atoms with Gasteiger partial charge in [-0.3, -0.25) is 4.79 Å². The number of hydrogen-bond acceptors (Lipinski definition) is 3. The van der Waals surface area contributed by atoms with E-state index in [2.05, 4.69) is 0 Å². The summed E-state index contributed by atoms with van der Waals surface area (Å²) >= 11 is 1.96. The number of rotatable bonds is 7. The largest absolute Gasteiger partial charge is 0.383 e. The fourth-order valence-corrected chi connectivity index (χ4v) is 2.26. The Kier molecular flexibility index (Phi) is 7.25. The summed E-state index contributed by atoms with van der Waals surface area (Å²) in [4.78, 5) is 14.0. The van der Waals surface area contributed by atoms with Gasteiger partial charge in [0.15, 0.2) is 0 Å². The van der Waals surface area contributed by atoms with E-state index < -0.39 is 0 Å². The van der Waals surface area contributed by atoms with Crippen molar-refractivity contribution in [2.24, 2.45) is 0 Å². The number of carbonyl (C=O) groups excluding carboxylic acids is 1. The lowest BCUT2D eigenvalue weighted by molar-refractivity contribution is 0.0626. The number of halogens is 2. The molecule has 0 unspecified atom stereocenters. The van der Waals surface area contributed by atoms with Crippen molar-refractivity contribution in [1.82, 2.24) is 4.90 Å². The average molecular weight is 381 g/mol. The van der Waals surface area contributed by atoms with Gasteiger partial charge in [-0.05, 0) is 40.8 Å². The molecule has 0 saturated carbocycles. The van der Waals surface area contributed by atoms with E-state index in [0.717, 1.165) is 0 Å². The molecule has 0 radical (unpaired) electrons. The third-order valence-electron chi connectivity index (χ3n) is 2.58. The molecule has 1 rings (SSSR count). The van der Waals surface area contributed by atoms with Crippen LogP contribution in [-0.2, 0) is 9.47 Å². The van der Waals surface area contributed by atoms with Crippen LogP contribution in [0.2, 0.25) is 0 Å². The lowest BCUT2D eigenvalue weighted by Crippen LogP contribution is -2.36. The van der Waals surface area contributed by atoms with E-state index >= 15 is 0 Å². The summed E-state index contributed by atoms with van der Waals surface area (Å²) in [5.41, 5.74) is 0.495. The Hall–Kier alpha value is -0.730.